The fraction of sp³-hybridized carbons (Fsp3) is 0.500. The van der Waals surface area contributed by atoms with Crippen LogP contribution in [-0.4, -0.2) is 47.3 Å². The Morgan fingerprint density at radius 3 is 2.21 bits per heavy atom. The fourth-order valence-corrected chi connectivity index (χ4v) is 6.03. The van der Waals surface area contributed by atoms with E-state index in [9.17, 15) is 9.59 Å². The first kappa shape index (κ1) is 33.3. The zero-order valence-corrected chi connectivity index (χ0v) is 26.6. The predicted octanol–water partition coefficient (Wildman–Crippen LogP) is 7.45. The molecule has 3 aromatic rings. The number of rotatable bonds is 18. The predicted molar refractivity (Wildman–Crippen MR) is 172 cm³/mol. The number of aromatic nitrogens is 1. The number of thiazole rings is 1. The molecule has 8 heteroatoms. The van der Waals surface area contributed by atoms with Crippen molar-refractivity contribution in [2.75, 3.05) is 18.0 Å². The molecule has 0 amide bonds. The number of aliphatic carboxylic acids is 1. The molecule has 1 aromatic heterocycles. The Morgan fingerprint density at radius 2 is 1.64 bits per heavy atom. The first-order valence-electron chi connectivity index (χ1n) is 15.3. The van der Waals surface area contributed by atoms with Gasteiger partial charge in [0, 0.05) is 35.6 Å². The van der Waals surface area contributed by atoms with E-state index in [0.717, 1.165) is 22.8 Å². The van der Waals surface area contributed by atoms with Gasteiger partial charge in [0.15, 0.2) is 0 Å². The summed E-state index contributed by atoms with van der Waals surface area (Å²) in [5, 5.41) is 14.2. The van der Waals surface area contributed by atoms with Crippen molar-refractivity contribution >= 4 is 29.0 Å². The Kier molecular flexibility index (Phi) is 13.5. The molecule has 0 aliphatic heterocycles. The van der Waals surface area contributed by atoms with Crippen LogP contribution in [-0.2, 0) is 27.3 Å². The molecule has 42 heavy (non-hydrogen) atoms. The lowest BCUT2D eigenvalue weighted by atomic mass is 9.90. The minimum Gasteiger partial charge on any atom is -0.480 e. The molecule has 0 aliphatic rings. The summed E-state index contributed by atoms with van der Waals surface area (Å²) < 4.78 is 5.52. The standard InChI is InChI=1S/C34H47N3O4S/c1-6-9-26(10-7-2)27-15-17-29(18-16-27)37(24(4)5)22-25-11-13-28(14-12-25)31-23-42-32(36-31)19-30(8-3)41-34(40)21-35-20-33(38)39/h11-18,23-24,26,30,35H,6-10,19-22H2,1-5H3,(H,38,39). The quantitative estimate of drug-likeness (QED) is 0.148. The molecule has 0 fully saturated rings. The van der Waals surface area contributed by atoms with Crippen LogP contribution in [0.4, 0.5) is 5.69 Å². The summed E-state index contributed by atoms with van der Waals surface area (Å²) in [6, 6.07) is 18.2. The molecule has 1 heterocycles. The lowest BCUT2D eigenvalue weighted by Crippen LogP contribution is -2.32. The van der Waals surface area contributed by atoms with Crippen LogP contribution in [0.3, 0.4) is 0 Å². The van der Waals surface area contributed by atoms with Crippen molar-refractivity contribution in [3.63, 3.8) is 0 Å². The van der Waals surface area contributed by atoms with Crippen molar-refractivity contribution < 1.29 is 19.4 Å². The van der Waals surface area contributed by atoms with E-state index >= 15 is 0 Å². The van der Waals surface area contributed by atoms with Crippen LogP contribution in [0.15, 0.2) is 53.9 Å². The Labute approximate surface area is 255 Å². The van der Waals surface area contributed by atoms with E-state index < -0.39 is 11.9 Å². The highest BCUT2D eigenvalue weighted by atomic mass is 32.1. The maximum absolute atomic E-state index is 12.0. The van der Waals surface area contributed by atoms with Gasteiger partial charge in [-0.1, -0.05) is 70.0 Å². The van der Waals surface area contributed by atoms with Crippen molar-refractivity contribution in [1.29, 1.82) is 0 Å². The normalized spacial score (nSPS) is 12.1. The van der Waals surface area contributed by atoms with Crippen LogP contribution >= 0.6 is 11.3 Å². The summed E-state index contributed by atoms with van der Waals surface area (Å²) in [7, 11) is 0. The minimum atomic E-state index is -1.01. The average Bonchev–Trinajstić information content (AvgIpc) is 3.44. The van der Waals surface area contributed by atoms with Crippen molar-refractivity contribution in [1.82, 2.24) is 10.3 Å². The van der Waals surface area contributed by atoms with E-state index in [2.05, 4.69) is 86.4 Å². The van der Waals surface area contributed by atoms with Gasteiger partial charge in [0.25, 0.3) is 0 Å². The number of esters is 1. The van der Waals surface area contributed by atoms with Gasteiger partial charge in [-0.15, -0.1) is 11.3 Å². The van der Waals surface area contributed by atoms with Crippen molar-refractivity contribution in [2.45, 2.75) is 97.8 Å². The number of nitrogens with zero attached hydrogens (tertiary/aromatic N) is 2. The highest BCUT2D eigenvalue weighted by molar-refractivity contribution is 7.09. The number of benzene rings is 2. The summed E-state index contributed by atoms with van der Waals surface area (Å²) in [4.78, 5) is 29.9. The van der Waals surface area contributed by atoms with Crippen molar-refractivity contribution in [3.8, 4) is 11.3 Å². The molecule has 1 atom stereocenters. The van der Waals surface area contributed by atoms with Gasteiger partial charge < -0.3 is 14.7 Å². The molecule has 7 nitrogen and oxygen atoms in total. The lowest BCUT2D eigenvalue weighted by molar-refractivity contribution is -0.148. The molecule has 0 radical (unpaired) electrons. The Hall–Kier alpha value is -3.23. The molecule has 0 spiro atoms. The number of carboxylic acid groups (broad SMARTS) is 1. The number of ether oxygens (including phenoxy) is 1. The molecule has 0 saturated heterocycles. The van der Waals surface area contributed by atoms with Crippen LogP contribution in [0.5, 0.6) is 0 Å². The first-order valence-corrected chi connectivity index (χ1v) is 16.1. The summed E-state index contributed by atoms with van der Waals surface area (Å²) in [5.41, 5.74) is 5.92. The van der Waals surface area contributed by atoms with E-state index in [1.54, 1.807) is 11.3 Å². The fourth-order valence-electron chi connectivity index (χ4n) is 5.16. The van der Waals surface area contributed by atoms with E-state index in [4.69, 9.17) is 14.8 Å². The molecule has 0 saturated carbocycles. The largest absolute Gasteiger partial charge is 0.480 e. The molecule has 1 unspecified atom stereocenters. The van der Waals surface area contributed by atoms with Crippen molar-refractivity contribution in [2.24, 2.45) is 0 Å². The Bertz CT molecular complexity index is 1230. The molecular formula is C34H47N3O4S. The smallest absolute Gasteiger partial charge is 0.320 e. The number of anilines is 1. The third kappa shape index (κ3) is 10.2. The number of carboxylic acids is 1. The molecule has 2 aromatic carbocycles. The van der Waals surface area contributed by atoms with Crippen LogP contribution < -0.4 is 10.2 Å². The number of nitrogens with one attached hydrogen (secondary N) is 1. The second kappa shape index (κ2) is 17.0. The SMILES string of the molecule is CCCC(CCC)c1ccc(N(Cc2ccc(-c3csc(CC(CC)OC(=O)CNCC(=O)O)n3)cc2)C(C)C)cc1. The lowest BCUT2D eigenvalue weighted by Gasteiger charge is -2.30. The van der Waals surface area contributed by atoms with Crippen molar-refractivity contribution in [3.05, 3.63) is 70.0 Å². The molecule has 2 N–H and O–H groups in total. The topological polar surface area (TPSA) is 91.8 Å². The van der Waals surface area contributed by atoms with Gasteiger partial charge in [-0.05, 0) is 62.3 Å². The van der Waals surface area contributed by atoms with Gasteiger partial charge in [0.05, 0.1) is 23.8 Å². The van der Waals surface area contributed by atoms with Gasteiger partial charge in [0.2, 0.25) is 0 Å². The summed E-state index contributed by atoms with van der Waals surface area (Å²) in [6.45, 7) is 11.4. The summed E-state index contributed by atoms with van der Waals surface area (Å²) in [6.07, 6.45) is 5.80. The molecule has 228 valence electrons. The Balaban J connectivity index is 1.61. The highest BCUT2D eigenvalue weighted by Crippen LogP contribution is 2.30. The van der Waals surface area contributed by atoms with E-state index in [1.807, 2.05) is 12.3 Å². The molecule has 3 rings (SSSR count). The van der Waals surface area contributed by atoms with Gasteiger partial charge in [-0.25, -0.2) is 4.98 Å². The number of carbonyl (C=O) groups is 2. The minimum absolute atomic E-state index is 0.129. The molecular weight excluding hydrogens is 546 g/mol. The monoisotopic (exact) mass is 593 g/mol. The van der Waals surface area contributed by atoms with E-state index in [-0.39, 0.29) is 19.2 Å². The number of hydrogen-bond acceptors (Lipinski definition) is 7. The number of carbonyl (C=O) groups excluding carboxylic acids is 1. The zero-order valence-electron chi connectivity index (χ0n) is 25.8. The summed E-state index contributed by atoms with van der Waals surface area (Å²) >= 11 is 1.56. The molecule has 0 bridgehead atoms. The highest BCUT2D eigenvalue weighted by Gasteiger charge is 2.17. The van der Waals surface area contributed by atoms with Gasteiger partial charge in [-0.3, -0.25) is 14.9 Å². The van der Waals surface area contributed by atoms with E-state index in [0.29, 0.717) is 24.8 Å². The second-order valence-corrected chi connectivity index (χ2v) is 12.1. The van der Waals surface area contributed by atoms with Gasteiger partial charge in [-0.2, -0.15) is 0 Å². The van der Waals surface area contributed by atoms with E-state index in [1.165, 1.54) is 42.5 Å². The third-order valence-electron chi connectivity index (χ3n) is 7.45. The first-order chi connectivity index (χ1) is 20.2. The summed E-state index contributed by atoms with van der Waals surface area (Å²) in [5.74, 6) is -0.821. The molecule has 0 aliphatic carbocycles. The number of hydrogen-bond donors (Lipinski definition) is 2. The van der Waals surface area contributed by atoms with Crippen LogP contribution in [0, 0.1) is 0 Å². The van der Waals surface area contributed by atoms with Gasteiger partial charge >= 0.3 is 11.9 Å². The zero-order chi connectivity index (χ0) is 30.5. The van der Waals surface area contributed by atoms with Crippen LogP contribution in [0.1, 0.15) is 88.8 Å². The average molecular weight is 594 g/mol. The third-order valence-corrected chi connectivity index (χ3v) is 8.32. The maximum Gasteiger partial charge on any atom is 0.320 e. The van der Waals surface area contributed by atoms with Gasteiger partial charge in [0.1, 0.15) is 6.10 Å². The maximum atomic E-state index is 12.0. The van der Waals surface area contributed by atoms with Crippen LogP contribution in [0.25, 0.3) is 11.3 Å². The second-order valence-electron chi connectivity index (χ2n) is 11.1. The van der Waals surface area contributed by atoms with Crippen LogP contribution in [0.2, 0.25) is 0 Å². The Morgan fingerprint density at radius 1 is 0.976 bits per heavy atom.